The Morgan fingerprint density at radius 2 is 1.64 bits per heavy atom. The lowest BCUT2D eigenvalue weighted by molar-refractivity contribution is 0.383. The summed E-state index contributed by atoms with van der Waals surface area (Å²) in [6, 6.07) is 0. The van der Waals surface area contributed by atoms with Gasteiger partial charge in [-0.25, -0.2) is 8.78 Å². The molecule has 0 amide bonds. The second kappa shape index (κ2) is 10.4. The van der Waals surface area contributed by atoms with Crippen LogP contribution < -0.4 is 5.73 Å². The van der Waals surface area contributed by atoms with Gasteiger partial charge in [-0.1, -0.05) is 32.9 Å². The van der Waals surface area contributed by atoms with E-state index in [2.05, 4.69) is 0 Å². The first-order valence-corrected chi connectivity index (χ1v) is 4.74. The Balaban J connectivity index is 0. The van der Waals surface area contributed by atoms with E-state index in [0.717, 1.165) is 6.42 Å². The molecule has 1 nitrogen and oxygen atoms in total. The molecule has 0 aliphatic heterocycles. The van der Waals surface area contributed by atoms with Crippen LogP contribution in [0.4, 0.5) is 8.78 Å². The summed E-state index contributed by atoms with van der Waals surface area (Å²) in [5, 5.41) is 0. The van der Waals surface area contributed by atoms with E-state index in [4.69, 9.17) is 5.73 Å². The SMILES string of the molecule is CC(C)(CN)C/C=C/F.CC/C=C/F. The maximum Gasteiger partial charge on any atom is 0.0827 e. The van der Waals surface area contributed by atoms with E-state index < -0.39 is 0 Å². The van der Waals surface area contributed by atoms with Gasteiger partial charge in [-0.05, 0) is 24.8 Å². The molecular weight excluding hydrogens is 184 g/mol. The molecule has 0 aromatic carbocycles. The van der Waals surface area contributed by atoms with Crippen LogP contribution in [0, 0.1) is 5.41 Å². The van der Waals surface area contributed by atoms with E-state index >= 15 is 0 Å². The molecule has 14 heavy (non-hydrogen) atoms. The monoisotopic (exact) mass is 205 g/mol. The minimum atomic E-state index is 0.0442. The number of nitrogens with two attached hydrogens (primary N) is 1. The summed E-state index contributed by atoms with van der Waals surface area (Å²) in [6.45, 7) is 6.49. The second-order valence-electron chi connectivity index (χ2n) is 3.70. The smallest absolute Gasteiger partial charge is 0.0827 e. The molecule has 0 saturated carbocycles. The molecule has 0 spiro atoms. The van der Waals surface area contributed by atoms with Crippen molar-refractivity contribution in [2.24, 2.45) is 11.1 Å². The first-order valence-electron chi connectivity index (χ1n) is 4.74. The van der Waals surface area contributed by atoms with Crippen LogP contribution >= 0.6 is 0 Å². The third kappa shape index (κ3) is 13.9. The van der Waals surface area contributed by atoms with Crippen molar-refractivity contribution in [2.45, 2.75) is 33.6 Å². The molecular formula is C11H21F2N. The van der Waals surface area contributed by atoms with Crippen LogP contribution in [0.25, 0.3) is 0 Å². The average Bonchev–Trinajstić information content (AvgIpc) is 2.17. The van der Waals surface area contributed by atoms with Gasteiger partial charge in [0.05, 0.1) is 12.7 Å². The quantitative estimate of drug-likeness (QED) is 0.743. The molecule has 0 aliphatic rings. The van der Waals surface area contributed by atoms with Gasteiger partial charge in [0.2, 0.25) is 0 Å². The maximum atomic E-state index is 11.4. The van der Waals surface area contributed by atoms with E-state index in [1.165, 1.54) is 12.2 Å². The number of hydrogen-bond donors (Lipinski definition) is 1. The molecule has 0 rings (SSSR count). The Morgan fingerprint density at radius 1 is 1.14 bits per heavy atom. The highest BCUT2D eigenvalue weighted by Crippen LogP contribution is 2.18. The van der Waals surface area contributed by atoms with Gasteiger partial charge in [-0.3, -0.25) is 0 Å². The second-order valence-corrected chi connectivity index (χ2v) is 3.70. The Kier molecular flexibility index (Phi) is 11.7. The molecule has 0 bridgehead atoms. The van der Waals surface area contributed by atoms with E-state index in [1.807, 2.05) is 20.8 Å². The van der Waals surface area contributed by atoms with E-state index in [9.17, 15) is 8.78 Å². The minimum absolute atomic E-state index is 0.0442. The predicted molar refractivity (Wildman–Crippen MR) is 58.2 cm³/mol. The van der Waals surface area contributed by atoms with Crippen LogP contribution in [0.15, 0.2) is 24.8 Å². The molecule has 84 valence electrons. The van der Waals surface area contributed by atoms with Crippen LogP contribution in [-0.4, -0.2) is 6.54 Å². The minimum Gasteiger partial charge on any atom is -0.330 e. The molecule has 0 atom stereocenters. The fraction of sp³-hybridized carbons (Fsp3) is 0.636. The summed E-state index contributed by atoms with van der Waals surface area (Å²) in [5.41, 5.74) is 5.43. The van der Waals surface area contributed by atoms with Crippen molar-refractivity contribution in [2.75, 3.05) is 6.54 Å². The lowest BCUT2D eigenvalue weighted by Gasteiger charge is -2.18. The van der Waals surface area contributed by atoms with Crippen LogP contribution in [0.5, 0.6) is 0 Å². The molecule has 0 aromatic heterocycles. The van der Waals surface area contributed by atoms with Gasteiger partial charge in [0, 0.05) is 0 Å². The van der Waals surface area contributed by atoms with Crippen LogP contribution in [-0.2, 0) is 0 Å². The number of rotatable bonds is 4. The molecule has 0 heterocycles. The first-order chi connectivity index (χ1) is 6.54. The number of hydrogen-bond acceptors (Lipinski definition) is 1. The van der Waals surface area contributed by atoms with Crippen molar-refractivity contribution in [1.82, 2.24) is 0 Å². The van der Waals surface area contributed by atoms with Crippen molar-refractivity contribution < 1.29 is 8.78 Å². The van der Waals surface area contributed by atoms with Gasteiger partial charge in [-0.2, -0.15) is 0 Å². The normalized spacial score (nSPS) is 11.9. The first kappa shape index (κ1) is 15.8. The van der Waals surface area contributed by atoms with Crippen molar-refractivity contribution in [1.29, 1.82) is 0 Å². The highest BCUT2D eigenvalue weighted by molar-refractivity contribution is 4.82. The zero-order chi connectivity index (χ0) is 11.4. The van der Waals surface area contributed by atoms with E-state index in [0.29, 0.717) is 25.6 Å². The summed E-state index contributed by atoms with van der Waals surface area (Å²) in [5.74, 6) is 0. The third-order valence-corrected chi connectivity index (χ3v) is 1.64. The molecule has 0 aromatic rings. The summed E-state index contributed by atoms with van der Waals surface area (Å²) >= 11 is 0. The topological polar surface area (TPSA) is 26.0 Å². The van der Waals surface area contributed by atoms with E-state index in [-0.39, 0.29) is 5.41 Å². The number of allylic oxidation sites excluding steroid dienone is 2. The summed E-state index contributed by atoms with van der Waals surface area (Å²) in [7, 11) is 0. The Bertz CT molecular complexity index is 163. The molecule has 2 N–H and O–H groups in total. The van der Waals surface area contributed by atoms with Crippen LogP contribution in [0.2, 0.25) is 0 Å². The van der Waals surface area contributed by atoms with Crippen molar-refractivity contribution >= 4 is 0 Å². The predicted octanol–water partition coefficient (Wildman–Crippen LogP) is 3.72. The average molecular weight is 205 g/mol. The van der Waals surface area contributed by atoms with Crippen molar-refractivity contribution in [3.05, 3.63) is 24.8 Å². The third-order valence-electron chi connectivity index (χ3n) is 1.64. The molecule has 0 aliphatic carbocycles. The molecule has 3 heteroatoms. The van der Waals surface area contributed by atoms with Gasteiger partial charge in [0.15, 0.2) is 0 Å². The van der Waals surface area contributed by atoms with Crippen molar-refractivity contribution in [3.63, 3.8) is 0 Å². The highest BCUT2D eigenvalue weighted by Gasteiger charge is 2.12. The fourth-order valence-corrected chi connectivity index (χ4v) is 0.536. The van der Waals surface area contributed by atoms with Gasteiger partial charge in [0.25, 0.3) is 0 Å². The maximum absolute atomic E-state index is 11.4. The highest BCUT2D eigenvalue weighted by atomic mass is 19.1. The molecule has 0 saturated heterocycles. The van der Waals surface area contributed by atoms with Gasteiger partial charge in [0.1, 0.15) is 0 Å². The van der Waals surface area contributed by atoms with E-state index in [1.54, 1.807) is 0 Å². The van der Waals surface area contributed by atoms with Gasteiger partial charge < -0.3 is 5.73 Å². The summed E-state index contributed by atoms with van der Waals surface area (Å²) < 4.78 is 22.3. The Labute approximate surface area is 85.7 Å². The Morgan fingerprint density at radius 3 is 1.86 bits per heavy atom. The number of halogens is 2. The molecule has 0 radical (unpaired) electrons. The van der Waals surface area contributed by atoms with Crippen molar-refractivity contribution in [3.8, 4) is 0 Å². The summed E-state index contributed by atoms with van der Waals surface area (Å²) in [4.78, 5) is 0. The van der Waals surface area contributed by atoms with Gasteiger partial charge >= 0.3 is 0 Å². The lowest BCUT2D eigenvalue weighted by Crippen LogP contribution is -2.22. The zero-order valence-electron chi connectivity index (χ0n) is 9.26. The summed E-state index contributed by atoms with van der Waals surface area (Å²) in [6.07, 6.45) is 5.57. The van der Waals surface area contributed by atoms with Crippen LogP contribution in [0.3, 0.4) is 0 Å². The van der Waals surface area contributed by atoms with Crippen LogP contribution in [0.1, 0.15) is 33.6 Å². The molecule has 0 unspecified atom stereocenters. The fourth-order valence-electron chi connectivity index (χ4n) is 0.536. The largest absolute Gasteiger partial charge is 0.330 e. The molecule has 0 fully saturated rings. The Hall–Kier alpha value is -0.700. The van der Waals surface area contributed by atoms with Gasteiger partial charge in [-0.15, -0.1) is 0 Å². The standard InChI is InChI=1S/C7H14FN.C4H7F/c1-7(2,6-9)4-3-5-8;1-2-3-4-5/h3,5H,4,6,9H2,1-2H3;3-4H,2H2,1H3/b5-3+;4-3+. The lowest BCUT2D eigenvalue weighted by atomic mass is 9.90. The zero-order valence-corrected chi connectivity index (χ0v) is 9.26.